The van der Waals surface area contributed by atoms with Crippen molar-refractivity contribution in [3.63, 3.8) is 0 Å². The molecule has 39 heavy (non-hydrogen) atoms. The van der Waals surface area contributed by atoms with Crippen LogP contribution in [-0.4, -0.2) is 55.0 Å². The summed E-state index contributed by atoms with van der Waals surface area (Å²) in [5, 5.41) is 2.57. The standard InChI is InChI=1S/C29H32N2O8/c1-19(31-28(33)26-27(37-18-36-21(3)32)24(35-4)15-16-30-26)29(34)38-20(2)25(17-22-11-7-5-8-12-22)39-23-13-9-6-10-14-23/h5-16,19-20,25H,17-18H2,1-4H3,(H,31,33)/t19-,20-,25+/m0/s1. The van der Waals surface area contributed by atoms with Crippen molar-refractivity contribution in [2.45, 2.75) is 45.4 Å². The Labute approximate surface area is 227 Å². The molecule has 0 aliphatic carbocycles. The Bertz CT molecular complexity index is 1200. The molecule has 0 fully saturated rings. The van der Waals surface area contributed by atoms with Gasteiger partial charge in [-0.1, -0.05) is 48.5 Å². The number of benzene rings is 2. The molecule has 0 spiro atoms. The zero-order chi connectivity index (χ0) is 28.2. The first-order valence-corrected chi connectivity index (χ1v) is 12.3. The lowest BCUT2D eigenvalue weighted by Gasteiger charge is -2.26. The van der Waals surface area contributed by atoms with E-state index in [9.17, 15) is 14.4 Å². The van der Waals surface area contributed by atoms with E-state index in [-0.39, 0.29) is 17.2 Å². The monoisotopic (exact) mass is 536 g/mol. The molecule has 1 amide bonds. The number of aromatic nitrogens is 1. The maximum Gasteiger partial charge on any atom is 0.328 e. The van der Waals surface area contributed by atoms with Crippen LogP contribution in [0.2, 0.25) is 0 Å². The number of pyridine rings is 1. The summed E-state index contributed by atoms with van der Waals surface area (Å²) in [6.07, 6.45) is 0.728. The predicted molar refractivity (Wildman–Crippen MR) is 142 cm³/mol. The van der Waals surface area contributed by atoms with Gasteiger partial charge < -0.3 is 29.0 Å². The molecule has 3 rings (SSSR count). The van der Waals surface area contributed by atoms with Crippen LogP contribution in [0.4, 0.5) is 0 Å². The van der Waals surface area contributed by atoms with Crippen molar-refractivity contribution in [3.05, 3.63) is 84.2 Å². The second-order valence-corrected chi connectivity index (χ2v) is 8.59. The fourth-order valence-corrected chi connectivity index (χ4v) is 3.57. The summed E-state index contributed by atoms with van der Waals surface area (Å²) < 4.78 is 27.3. The van der Waals surface area contributed by atoms with Gasteiger partial charge in [0.25, 0.3) is 5.91 Å². The Morgan fingerprint density at radius 1 is 0.949 bits per heavy atom. The van der Waals surface area contributed by atoms with Crippen molar-refractivity contribution in [2.75, 3.05) is 13.9 Å². The topological polar surface area (TPSA) is 122 Å². The molecule has 3 aromatic rings. The fourth-order valence-electron chi connectivity index (χ4n) is 3.57. The van der Waals surface area contributed by atoms with Crippen molar-refractivity contribution >= 4 is 17.8 Å². The van der Waals surface area contributed by atoms with Gasteiger partial charge in [0.1, 0.15) is 24.0 Å². The van der Waals surface area contributed by atoms with E-state index in [0.29, 0.717) is 12.2 Å². The van der Waals surface area contributed by atoms with Crippen molar-refractivity contribution < 1.29 is 38.1 Å². The quantitative estimate of drug-likeness (QED) is 0.257. The number of para-hydroxylation sites is 1. The number of nitrogens with zero attached hydrogens (tertiary/aromatic N) is 1. The van der Waals surface area contributed by atoms with Crippen LogP contribution in [0.25, 0.3) is 0 Å². The van der Waals surface area contributed by atoms with Crippen LogP contribution in [0, 0.1) is 0 Å². The third kappa shape index (κ3) is 8.74. The molecule has 2 aromatic carbocycles. The summed E-state index contributed by atoms with van der Waals surface area (Å²) in [5.41, 5.74) is 0.872. The summed E-state index contributed by atoms with van der Waals surface area (Å²) in [4.78, 5) is 41.1. The number of amides is 1. The first-order chi connectivity index (χ1) is 18.8. The molecule has 1 heterocycles. The Morgan fingerprint density at radius 3 is 2.26 bits per heavy atom. The minimum absolute atomic E-state index is 0.0353. The van der Waals surface area contributed by atoms with E-state index in [1.54, 1.807) is 6.92 Å². The summed E-state index contributed by atoms with van der Waals surface area (Å²) in [7, 11) is 1.39. The van der Waals surface area contributed by atoms with Crippen molar-refractivity contribution in [2.24, 2.45) is 0 Å². The second-order valence-electron chi connectivity index (χ2n) is 8.59. The molecule has 0 bridgehead atoms. The number of methoxy groups -OCH3 is 1. The summed E-state index contributed by atoms with van der Waals surface area (Å²) in [6.45, 7) is 4.02. The molecule has 1 aromatic heterocycles. The van der Waals surface area contributed by atoms with E-state index in [2.05, 4.69) is 10.3 Å². The van der Waals surface area contributed by atoms with Crippen LogP contribution in [0.3, 0.4) is 0 Å². The lowest BCUT2D eigenvalue weighted by Crippen LogP contribution is -2.44. The van der Waals surface area contributed by atoms with E-state index < -0.39 is 42.9 Å². The summed E-state index contributed by atoms with van der Waals surface area (Å²) in [6, 6.07) is 19.5. The first-order valence-electron chi connectivity index (χ1n) is 12.3. The largest absolute Gasteiger partial charge is 0.493 e. The van der Waals surface area contributed by atoms with Gasteiger partial charge >= 0.3 is 11.9 Å². The molecular formula is C29H32N2O8. The highest BCUT2D eigenvalue weighted by atomic mass is 16.7. The van der Waals surface area contributed by atoms with Gasteiger partial charge in [-0.15, -0.1) is 0 Å². The van der Waals surface area contributed by atoms with Gasteiger partial charge in [0, 0.05) is 25.6 Å². The van der Waals surface area contributed by atoms with Crippen LogP contribution in [0.1, 0.15) is 36.8 Å². The highest BCUT2D eigenvalue weighted by Gasteiger charge is 2.28. The van der Waals surface area contributed by atoms with Crippen molar-refractivity contribution in [1.82, 2.24) is 10.3 Å². The summed E-state index contributed by atoms with van der Waals surface area (Å²) in [5.74, 6) is -1.11. The number of ether oxygens (including phenoxy) is 5. The van der Waals surface area contributed by atoms with E-state index in [1.165, 1.54) is 33.2 Å². The number of carbonyl (C=O) groups excluding carboxylic acids is 3. The molecule has 0 radical (unpaired) electrons. The molecule has 1 N–H and O–H groups in total. The minimum Gasteiger partial charge on any atom is -0.493 e. The van der Waals surface area contributed by atoms with E-state index in [4.69, 9.17) is 23.7 Å². The Hall–Kier alpha value is -4.60. The SMILES string of the molecule is COc1ccnc(C(=O)N[C@@H](C)C(=O)O[C@@H](C)[C@@H](Cc2ccccc2)Oc2ccccc2)c1OCOC(C)=O. The first kappa shape index (κ1) is 29.0. The highest BCUT2D eigenvalue weighted by Crippen LogP contribution is 2.29. The van der Waals surface area contributed by atoms with E-state index in [0.717, 1.165) is 5.56 Å². The molecule has 10 nitrogen and oxygen atoms in total. The summed E-state index contributed by atoms with van der Waals surface area (Å²) >= 11 is 0. The minimum atomic E-state index is -1.02. The second kappa shape index (κ2) is 14.4. The number of carbonyl (C=O) groups is 3. The number of rotatable bonds is 13. The van der Waals surface area contributed by atoms with Gasteiger partial charge in [0.2, 0.25) is 6.79 Å². The van der Waals surface area contributed by atoms with Crippen molar-refractivity contribution in [3.8, 4) is 17.2 Å². The van der Waals surface area contributed by atoms with Crippen LogP contribution < -0.4 is 19.5 Å². The van der Waals surface area contributed by atoms with E-state index >= 15 is 0 Å². The van der Waals surface area contributed by atoms with Gasteiger partial charge in [-0.25, -0.2) is 9.78 Å². The highest BCUT2D eigenvalue weighted by molar-refractivity contribution is 5.98. The molecule has 0 unspecified atom stereocenters. The maximum absolute atomic E-state index is 13.0. The lowest BCUT2D eigenvalue weighted by molar-refractivity contribution is -0.154. The van der Waals surface area contributed by atoms with Gasteiger partial charge in [0.05, 0.1) is 7.11 Å². The average Bonchev–Trinajstić information content (AvgIpc) is 2.93. The van der Waals surface area contributed by atoms with Crippen molar-refractivity contribution in [1.29, 1.82) is 0 Å². The zero-order valence-corrected chi connectivity index (χ0v) is 22.3. The maximum atomic E-state index is 13.0. The van der Waals surface area contributed by atoms with Crippen LogP contribution in [0.15, 0.2) is 72.9 Å². The smallest absolute Gasteiger partial charge is 0.328 e. The number of esters is 2. The van der Waals surface area contributed by atoms with E-state index in [1.807, 2.05) is 60.7 Å². The molecule has 0 saturated heterocycles. The zero-order valence-electron chi connectivity index (χ0n) is 22.3. The number of hydrogen-bond acceptors (Lipinski definition) is 9. The number of nitrogens with one attached hydrogen (secondary N) is 1. The third-order valence-electron chi connectivity index (χ3n) is 5.61. The fraction of sp³-hybridized carbons (Fsp3) is 0.310. The lowest BCUT2D eigenvalue weighted by atomic mass is 10.0. The third-order valence-corrected chi connectivity index (χ3v) is 5.61. The molecular weight excluding hydrogens is 504 g/mol. The normalized spacial score (nSPS) is 12.8. The molecule has 206 valence electrons. The van der Waals surface area contributed by atoms with Crippen LogP contribution >= 0.6 is 0 Å². The Morgan fingerprint density at radius 2 is 1.62 bits per heavy atom. The van der Waals surface area contributed by atoms with Gasteiger partial charge in [0.15, 0.2) is 17.2 Å². The van der Waals surface area contributed by atoms with Gasteiger partial charge in [-0.3, -0.25) is 9.59 Å². The number of hydrogen-bond donors (Lipinski definition) is 1. The Kier molecular flexibility index (Phi) is 10.7. The Balaban J connectivity index is 1.68. The molecule has 0 aliphatic heterocycles. The molecule has 10 heteroatoms. The predicted octanol–water partition coefficient (Wildman–Crippen LogP) is 3.73. The molecule has 3 atom stereocenters. The van der Waals surface area contributed by atoms with Gasteiger partial charge in [-0.2, -0.15) is 0 Å². The van der Waals surface area contributed by atoms with Gasteiger partial charge in [-0.05, 0) is 31.5 Å². The molecule has 0 saturated carbocycles. The van der Waals surface area contributed by atoms with Crippen LogP contribution in [-0.2, 0) is 25.5 Å². The molecule has 0 aliphatic rings. The van der Waals surface area contributed by atoms with Crippen LogP contribution in [0.5, 0.6) is 17.2 Å². The average molecular weight is 537 g/mol.